The third-order valence-electron chi connectivity index (χ3n) is 3.47. The number of nitro groups is 1. The van der Waals surface area contributed by atoms with Gasteiger partial charge in [0.25, 0.3) is 0 Å². The normalized spacial score (nSPS) is 15.4. The summed E-state index contributed by atoms with van der Waals surface area (Å²) < 4.78 is 0. The van der Waals surface area contributed by atoms with E-state index in [0.717, 1.165) is 35.7 Å². The van der Waals surface area contributed by atoms with E-state index in [1.165, 1.54) is 19.0 Å². The summed E-state index contributed by atoms with van der Waals surface area (Å²) in [5, 5.41) is 11.5. The summed E-state index contributed by atoms with van der Waals surface area (Å²) in [5.74, 6) is 0. The van der Waals surface area contributed by atoms with E-state index in [-0.39, 0.29) is 5.00 Å². The Balaban J connectivity index is 1.97. The molecule has 6 heteroatoms. The summed E-state index contributed by atoms with van der Waals surface area (Å²) in [5.41, 5.74) is 2.22. The van der Waals surface area contributed by atoms with Gasteiger partial charge in [-0.25, -0.2) is 4.98 Å². The lowest BCUT2D eigenvalue weighted by Crippen LogP contribution is -2.17. The second-order valence-corrected chi connectivity index (χ2v) is 5.92. The molecule has 108 valence electrons. The molecule has 1 fully saturated rings. The average Bonchev–Trinajstić information content (AvgIpc) is 3.17. The van der Waals surface area contributed by atoms with E-state index in [9.17, 15) is 10.1 Å². The smallest absolute Gasteiger partial charge is 0.344 e. The zero-order valence-electron chi connectivity index (χ0n) is 11.4. The molecule has 1 aromatic heterocycles. The quantitative estimate of drug-likeness (QED) is 0.639. The molecule has 0 atom stereocenters. The minimum atomic E-state index is -0.396. The lowest BCUT2D eigenvalue weighted by atomic mass is 10.1. The van der Waals surface area contributed by atoms with Crippen LogP contribution in [0.25, 0.3) is 11.8 Å². The Kier molecular flexibility index (Phi) is 3.96. The van der Waals surface area contributed by atoms with E-state index in [1.54, 1.807) is 0 Å². The highest BCUT2D eigenvalue weighted by atomic mass is 32.1. The number of aromatic nitrogens is 1. The maximum absolute atomic E-state index is 10.8. The molecule has 0 radical (unpaired) electrons. The monoisotopic (exact) mass is 301 g/mol. The summed E-state index contributed by atoms with van der Waals surface area (Å²) in [6, 6.07) is 10.1. The van der Waals surface area contributed by atoms with Crippen LogP contribution in [0.1, 0.15) is 23.4 Å². The molecule has 21 heavy (non-hydrogen) atoms. The number of rotatable bonds is 4. The molecule has 0 spiro atoms. The van der Waals surface area contributed by atoms with Gasteiger partial charge in [-0.3, -0.25) is 10.1 Å². The standard InChI is InChI=1S/C15H15N3O2S/c19-18(20)15-11-16-14(21-15)10-13(17-8-4-5-9-17)12-6-2-1-3-7-12/h1-3,6-7,10-11H,4-5,8-9H2/b13-10+. The fourth-order valence-electron chi connectivity index (χ4n) is 2.47. The molecule has 2 heterocycles. The molecule has 5 nitrogen and oxygen atoms in total. The van der Waals surface area contributed by atoms with Crippen LogP contribution in [0.4, 0.5) is 5.00 Å². The molecule has 0 saturated carbocycles. The van der Waals surface area contributed by atoms with Gasteiger partial charge in [-0.05, 0) is 35.8 Å². The lowest BCUT2D eigenvalue weighted by Gasteiger charge is -2.21. The zero-order chi connectivity index (χ0) is 14.7. The van der Waals surface area contributed by atoms with Gasteiger partial charge in [0.05, 0.1) is 4.92 Å². The van der Waals surface area contributed by atoms with Crippen LogP contribution in [0.5, 0.6) is 0 Å². The minimum absolute atomic E-state index is 0.0788. The van der Waals surface area contributed by atoms with Crippen LogP contribution in [0.15, 0.2) is 36.5 Å². The number of hydrogen-bond donors (Lipinski definition) is 0. The summed E-state index contributed by atoms with van der Waals surface area (Å²) in [6.45, 7) is 2.04. The van der Waals surface area contributed by atoms with E-state index in [4.69, 9.17) is 0 Å². The Morgan fingerprint density at radius 3 is 2.62 bits per heavy atom. The molecule has 1 aromatic carbocycles. The number of likely N-dealkylation sites (tertiary alicyclic amines) is 1. The second kappa shape index (κ2) is 6.05. The van der Waals surface area contributed by atoms with Crippen LogP contribution in [0, 0.1) is 10.1 Å². The van der Waals surface area contributed by atoms with Gasteiger partial charge in [0.15, 0.2) is 0 Å². The average molecular weight is 301 g/mol. The number of benzene rings is 1. The largest absolute Gasteiger partial charge is 0.371 e. The van der Waals surface area contributed by atoms with Crippen molar-refractivity contribution >= 4 is 28.1 Å². The van der Waals surface area contributed by atoms with Crippen molar-refractivity contribution in [2.45, 2.75) is 12.8 Å². The maximum atomic E-state index is 10.8. The molecule has 3 rings (SSSR count). The van der Waals surface area contributed by atoms with Crippen molar-refractivity contribution in [1.82, 2.24) is 9.88 Å². The number of nitrogens with zero attached hydrogens (tertiary/aromatic N) is 3. The first-order valence-corrected chi connectivity index (χ1v) is 7.68. The molecular formula is C15H15N3O2S. The fraction of sp³-hybridized carbons (Fsp3) is 0.267. The first-order chi connectivity index (χ1) is 10.2. The molecule has 0 N–H and O–H groups in total. The molecule has 0 amide bonds. The van der Waals surface area contributed by atoms with Crippen LogP contribution in [0.2, 0.25) is 0 Å². The van der Waals surface area contributed by atoms with Crippen molar-refractivity contribution in [1.29, 1.82) is 0 Å². The van der Waals surface area contributed by atoms with E-state index < -0.39 is 4.92 Å². The van der Waals surface area contributed by atoms with Gasteiger partial charge in [-0.15, -0.1) is 0 Å². The van der Waals surface area contributed by atoms with E-state index in [1.807, 2.05) is 24.3 Å². The van der Waals surface area contributed by atoms with Crippen molar-refractivity contribution in [3.8, 4) is 0 Å². The van der Waals surface area contributed by atoms with Gasteiger partial charge < -0.3 is 4.90 Å². The highest BCUT2D eigenvalue weighted by molar-refractivity contribution is 7.15. The third-order valence-corrected chi connectivity index (χ3v) is 4.36. The Morgan fingerprint density at radius 1 is 1.29 bits per heavy atom. The predicted octanol–water partition coefficient (Wildman–Crippen LogP) is 3.65. The molecule has 0 aliphatic carbocycles. The van der Waals surface area contributed by atoms with Crippen molar-refractivity contribution < 1.29 is 4.92 Å². The molecule has 0 bridgehead atoms. The predicted molar refractivity (Wildman–Crippen MR) is 83.9 cm³/mol. The van der Waals surface area contributed by atoms with Crippen LogP contribution < -0.4 is 0 Å². The molecular weight excluding hydrogens is 286 g/mol. The van der Waals surface area contributed by atoms with Crippen LogP contribution >= 0.6 is 11.3 Å². The molecule has 0 unspecified atom stereocenters. The van der Waals surface area contributed by atoms with Crippen molar-refractivity contribution in [2.24, 2.45) is 0 Å². The van der Waals surface area contributed by atoms with Crippen molar-refractivity contribution in [2.75, 3.05) is 13.1 Å². The summed E-state index contributed by atoms with van der Waals surface area (Å²) in [4.78, 5) is 16.8. The molecule has 2 aromatic rings. The van der Waals surface area contributed by atoms with Gasteiger partial charge in [-0.1, -0.05) is 30.3 Å². The molecule has 1 aliphatic heterocycles. The van der Waals surface area contributed by atoms with Gasteiger partial charge in [0.1, 0.15) is 11.2 Å². The van der Waals surface area contributed by atoms with E-state index in [2.05, 4.69) is 22.0 Å². The van der Waals surface area contributed by atoms with E-state index in [0.29, 0.717) is 5.01 Å². The van der Waals surface area contributed by atoms with E-state index >= 15 is 0 Å². The maximum Gasteiger partial charge on any atom is 0.344 e. The first-order valence-electron chi connectivity index (χ1n) is 6.86. The highest BCUT2D eigenvalue weighted by Gasteiger charge is 2.18. The van der Waals surface area contributed by atoms with Gasteiger partial charge in [0.2, 0.25) is 0 Å². The summed E-state index contributed by atoms with van der Waals surface area (Å²) in [7, 11) is 0. The molecule has 1 aliphatic rings. The highest BCUT2D eigenvalue weighted by Crippen LogP contribution is 2.29. The van der Waals surface area contributed by atoms with Crippen LogP contribution in [-0.2, 0) is 0 Å². The van der Waals surface area contributed by atoms with Gasteiger partial charge >= 0.3 is 5.00 Å². The number of hydrogen-bond acceptors (Lipinski definition) is 5. The van der Waals surface area contributed by atoms with Crippen LogP contribution in [0.3, 0.4) is 0 Å². The fourth-order valence-corrected chi connectivity index (χ4v) is 3.14. The Morgan fingerprint density at radius 2 is 2.00 bits per heavy atom. The topological polar surface area (TPSA) is 59.3 Å². The Labute approximate surface area is 126 Å². The zero-order valence-corrected chi connectivity index (χ0v) is 12.3. The van der Waals surface area contributed by atoms with Crippen LogP contribution in [-0.4, -0.2) is 27.9 Å². The first kappa shape index (κ1) is 13.8. The van der Waals surface area contributed by atoms with Crippen molar-refractivity contribution in [3.05, 3.63) is 57.2 Å². The van der Waals surface area contributed by atoms with Gasteiger partial charge in [-0.2, -0.15) is 0 Å². The Hall–Kier alpha value is -2.21. The second-order valence-electron chi connectivity index (χ2n) is 4.88. The SMILES string of the molecule is O=[N+]([O-])c1cnc(/C=C(\c2ccccc2)N2CCCC2)s1. The molecule has 1 saturated heterocycles. The van der Waals surface area contributed by atoms with Gasteiger partial charge in [0, 0.05) is 18.8 Å². The third kappa shape index (κ3) is 3.11. The van der Waals surface area contributed by atoms with Crippen molar-refractivity contribution in [3.63, 3.8) is 0 Å². The number of thiazole rings is 1. The Bertz CT molecular complexity index is 661. The summed E-state index contributed by atoms with van der Waals surface area (Å²) in [6.07, 6.45) is 5.64. The minimum Gasteiger partial charge on any atom is -0.371 e. The lowest BCUT2D eigenvalue weighted by molar-refractivity contribution is -0.380. The summed E-state index contributed by atoms with van der Waals surface area (Å²) >= 11 is 1.11.